The summed E-state index contributed by atoms with van der Waals surface area (Å²) >= 11 is 0.958. The number of carbonyl (C=O) groups excluding carboxylic acids is 2. The lowest BCUT2D eigenvalue weighted by Crippen LogP contribution is -2.22. The first-order valence-corrected chi connectivity index (χ1v) is 7.10. The van der Waals surface area contributed by atoms with Crippen LogP contribution in [-0.2, 0) is 9.59 Å². The lowest BCUT2D eigenvalue weighted by molar-refractivity contribution is -0.121. The number of aromatic carboxylic acids is 2. The lowest BCUT2D eigenvalue weighted by Gasteiger charge is -2.09. The number of benzene rings is 1. The van der Waals surface area contributed by atoms with Crippen LogP contribution in [0.2, 0.25) is 0 Å². The second kappa shape index (κ2) is 6.48. The molecule has 5 N–H and O–H groups in total. The molecule has 0 aliphatic carbocycles. The lowest BCUT2D eigenvalue weighted by atomic mass is 10.1. The average Bonchev–Trinajstić information content (AvgIpc) is 2.76. The molecular formula is C13H11N3O6S. The topological polar surface area (TPSA) is 159 Å². The monoisotopic (exact) mass is 337 g/mol. The number of carboxylic acid groups (broad SMARTS) is 2. The van der Waals surface area contributed by atoms with Gasteiger partial charge in [-0.25, -0.2) is 9.59 Å². The van der Waals surface area contributed by atoms with E-state index in [2.05, 4.69) is 10.3 Å². The SMILES string of the molecule is NC1=NC(=O)C(CC(=O)Nc2cc(C(=O)O)cc(C(=O)O)c2)S1. The van der Waals surface area contributed by atoms with E-state index in [1.165, 1.54) is 0 Å². The van der Waals surface area contributed by atoms with Crippen LogP contribution in [0, 0.1) is 0 Å². The van der Waals surface area contributed by atoms with E-state index < -0.39 is 29.0 Å². The minimum Gasteiger partial charge on any atom is -0.478 e. The fraction of sp³-hybridized carbons (Fsp3) is 0.154. The molecule has 0 fully saturated rings. The smallest absolute Gasteiger partial charge is 0.335 e. The fourth-order valence-corrected chi connectivity index (χ4v) is 2.68. The van der Waals surface area contributed by atoms with Crippen LogP contribution < -0.4 is 11.1 Å². The molecule has 10 heteroatoms. The van der Waals surface area contributed by atoms with Gasteiger partial charge in [-0.05, 0) is 18.2 Å². The highest BCUT2D eigenvalue weighted by molar-refractivity contribution is 8.15. The summed E-state index contributed by atoms with van der Waals surface area (Å²) < 4.78 is 0. The molecule has 23 heavy (non-hydrogen) atoms. The summed E-state index contributed by atoms with van der Waals surface area (Å²) in [6.07, 6.45) is -0.215. The van der Waals surface area contributed by atoms with Crippen LogP contribution in [-0.4, -0.2) is 44.4 Å². The van der Waals surface area contributed by atoms with E-state index in [0.29, 0.717) is 0 Å². The molecule has 0 saturated heterocycles. The van der Waals surface area contributed by atoms with Crippen LogP contribution in [0.15, 0.2) is 23.2 Å². The van der Waals surface area contributed by atoms with Gasteiger partial charge < -0.3 is 21.3 Å². The van der Waals surface area contributed by atoms with Crippen LogP contribution >= 0.6 is 11.8 Å². The summed E-state index contributed by atoms with van der Waals surface area (Å²) in [7, 11) is 0. The van der Waals surface area contributed by atoms with E-state index in [1.807, 2.05) is 0 Å². The van der Waals surface area contributed by atoms with Gasteiger partial charge in [0.15, 0.2) is 5.17 Å². The molecule has 1 unspecified atom stereocenters. The standard InChI is InChI=1S/C13H11N3O6S/c14-13-16-10(18)8(23-13)4-9(17)15-7-2-5(11(19)20)1-6(3-7)12(21)22/h1-3,8H,4H2,(H,15,17)(H,19,20)(H,21,22)(H2,14,16,18). The largest absolute Gasteiger partial charge is 0.478 e. The Morgan fingerprint density at radius 3 is 2.17 bits per heavy atom. The average molecular weight is 337 g/mol. The fourth-order valence-electron chi connectivity index (χ4n) is 1.86. The van der Waals surface area contributed by atoms with Gasteiger partial charge in [0.1, 0.15) is 5.25 Å². The first-order chi connectivity index (χ1) is 10.8. The van der Waals surface area contributed by atoms with E-state index in [-0.39, 0.29) is 28.4 Å². The Balaban J connectivity index is 2.13. The highest BCUT2D eigenvalue weighted by Gasteiger charge is 2.29. The molecule has 1 aromatic rings. The molecular weight excluding hydrogens is 326 g/mol. The van der Waals surface area contributed by atoms with Gasteiger partial charge in [0.2, 0.25) is 5.91 Å². The number of nitrogens with one attached hydrogen (secondary N) is 1. The molecule has 0 saturated carbocycles. The van der Waals surface area contributed by atoms with Crippen LogP contribution in [0.5, 0.6) is 0 Å². The van der Waals surface area contributed by atoms with E-state index >= 15 is 0 Å². The van der Waals surface area contributed by atoms with Gasteiger partial charge >= 0.3 is 11.9 Å². The number of hydrogen-bond acceptors (Lipinski definition) is 6. The third-order valence-electron chi connectivity index (χ3n) is 2.84. The van der Waals surface area contributed by atoms with Crippen molar-refractivity contribution < 1.29 is 29.4 Å². The summed E-state index contributed by atoms with van der Waals surface area (Å²) in [4.78, 5) is 48.8. The van der Waals surface area contributed by atoms with Gasteiger partial charge in [0.25, 0.3) is 5.91 Å². The first kappa shape index (κ1) is 16.5. The van der Waals surface area contributed by atoms with Crippen molar-refractivity contribution in [1.82, 2.24) is 0 Å². The maximum atomic E-state index is 11.9. The Kier molecular flexibility index (Phi) is 4.65. The molecule has 1 aliphatic heterocycles. The number of rotatable bonds is 5. The second-order valence-corrected chi connectivity index (χ2v) is 5.78. The number of aliphatic imine (C=N–C) groups is 1. The van der Waals surface area contributed by atoms with Crippen LogP contribution in [0.3, 0.4) is 0 Å². The Labute approximate surface area is 133 Å². The molecule has 2 amide bonds. The minimum absolute atomic E-state index is 0.0108. The van der Waals surface area contributed by atoms with Gasteiger partial charge in [0, 0.05) is 12.1 Å². The van der Waals surface area contributed by atoms with Gasteiger partial charge in [-0.3, -0.25) is 9.59 Å². The third kappa shape index (κ3) is 4.07. The number of amidine groups is 1. The highest BCUT2D eigenvalue weighted by Crippen LogP contribution is 2.23. The number of nitrogens with two attached hydrogens (primary N) is 1. The summed E-state index contributed by atoms with van der Waals surface area (Å²) in [5, 5.41) is 19.6. The zero-order valence-corrected chi connectivity index (χ0v) is 12.3. The quantitative estimate of drug-likeness (QED) is 0.599. The van der Waals surface area contributed by atoms with Crippen molar-refractivity contribution in [2.75, 3.05) is 5.32 Å². The number of nitrogens with zero attached hydrogens (tertiary/aromatic N) is 1. The minimum atomic E-state index is -1.33. The van der Waals surface area contributed by atoms with Crippen molar-refractivity contribution in [2.24, 2.45) is 10.7 Å². The Bertz CT molecular complexity index is 713. The van der Waals surface area contributed by atoms with Crippen LogP contribution in [0.4, 0.5) is 5.69 Å². The molecule has 0 bridgehead atoms. The predicted octanol–water partition coefficient (Wildman–Crippen LogP) is 0.368. The zero-order valence-electron chi connectivity index (χ0n) is 11.5. The third-order valence-corrected chi connectivity index (χ3v) is 3.83. The van der Waals surface area contributed by atoms with Crippen molar-refractivity contribution in [1.29, 1.82) is 0 Å². The molecule has 1 heterocycles. The molecule has 120 valence electrons. The van der Waals surface area contributed by atoms with Crippen molar-refractivity contribution in [2.45, 2.75) is 11.7 Å². The van der Waals surface area contributed by atoms with Gasteiger partial charge in [-0.15, -0.1) is 0 Å². The number of thioether (sulfide) groups is 1. The van der Waals surface area contributed by atoms with E-state index in [1.54, 1.807) is 0 Å². The molecule has 9 nitrogen and oxygen atoms in total. The molecule has 1 atom stereocenters. The number of anilines is 1. The number of carboxylic acids is 2. The van der Waals surface area contributed by atoms with Crippen molar-refractivity contribution >= 4 is 46.4 Å². The van der Waals surface area contributed by atoms with Crippen molar-refractivity contribution in [3.63, 3.8) is 0 Å². The van der Waals surface area contributed by atoms with Crippen LogP contribution in [0.25, 0.3) is 0 Å². The number of hydrogen-bond donors (Lipinski definition) is 4. The molecule has 0 radical (unpaired) electrons. The summed E-state index contributed by atoms with van der Waals surface area (Å²) in [5.41, 5.74) is 4.83. The van der Waals surface area contributed by atoms with Crippen molar-refractivity contribution in [3.8, 4) is 0 Å². The molecule has 1 aliphatic rings. The zero-order chi connectivity index (χ0) is 17.1. The van der Waals surface area contributed by atoms with Gasteiger partial charge in [-0.1, -0.05) is 11.8 Å². The number of carbonyl (C=O) groups is 4. The molecule has 2 rings (SSSR count). The summed E-state index contributed by atoms with van der Waals surface area (Å²) in [6.45, 7) is 0. The van der Waals surface area contributed by atoms with Crippen LogP contribution in [0.1, 0.15) is 27.1 Å². The predicted molar refractivity (Wildman–Crippen MR) is 81.6 cm³/mol. The Hall–Kier alpha value is -2.88. The maximum absolute atomic E-state index is 11.9. The van der Waals surface area contributed by atoms with E-state index in [4.69, 9.17) is 15.9 Å². The number of amides is 2. The normalized spacial score (nSPS) is 16.8. The van der Waals surface area contributed by atoms with E-state index in [0.717, 1.165) is 30.0 Å². The molecule has 0 aromatic heterocycles. The first-order valence-electron chi connectivity index (χ1n) is 6.22. The van der Waals surface area contributed by atoms with Gasteiger partial charge in [0.05, 0.1) is 11.1 Å². The second-order valence-electron chi connectivity index (χ2n) is 4.56. The maximum Gasteiger partial charge on any atom is 0.335 e. The van der Waals surface area contributed by atoms with Gasteiger partial charge in [-0.2, -0.15) is 4.99 Å². The summed E-state index contributed by atoms with van der Waals surface area (Å²) in [5.74, 6) is -3.76. The molecule has 0 spiro atoms. The Morgan fingerprint density at radius 2 is 1.74 bits per heavy atom. The highest BCUT2D eigenvalue weighted by atomic mass is 32.2. The molecule has 1 aromatic carbocycles. The summed E-state index contributed by atoms with van der Waals surface area (Å²) in [6, 6.07) is 3.23. The Morgan fingerprint density at radius 1 is 1.17 bits per heavy atom. The van der Waals surface area contributed by atoms with Crippen molar-refractivity contribution in [3.05, 3.63) is 29.3 Å². The van der Waals surface area contributed by atoms with E-state index in [9.17, 15) is 19.2 Å².